The van der Waals surface area contributed by atoms with Crippen molar-refractivity contribution in [3.8, 4) is 11.4 Å². The molecule has 6 nitrogen and oxygen atoms in total. The highest BCUT2D eigenvalue weighted by Crippen LogP contribution is 2.25. The number of aromatic nitrogens is 3. The van der Waals surface area contributed by atoms with Gasteiger partial charge < -0.3 is 10.1 Å². The molecular formula is C20H21FN4O2S. The van der Waals surface area contributed by atoms with E-state index in [-0.39, 0.29) is 17.5 Å². The third-order valence-electron chi connectivity index (χ3n) is 3.96. The van der Waals surface area contributed by atoms with Crippen LogP contribution in [0.1, 0.15) is 5.56 Å². The molecule has 0 atom stereocenters. The van der Waals surface area contributed by atoms with E-state index in [1.54, 1.807) is 19.2 Å². The summed E-state index contributed by atoms with van der Waals surface area (Å²) in [6.07, 6.45) is 0. The highest BCUT2D eigenvalue weighted by Gasteiger charge is 2.16. The molecule has 0 unspecified atom stereocenters. The SMILES string of the molecule is COCCNC(=O)CSc1nnc(-c2ccc(F)cc2)n1Cc1ccccc1. The topological polar surface area (TPSA) is 69.0 Å². The Hall–Kier alpha value is -2.71. The van der Waals surface area contributed by atoms with Crippen molar-refractivity contribution in [3.05, 3.63) is 66.0 Å². The molecule has 1 heterocycles. The second kappa shape index (κ2) is 10.0. The summed E-state index contributed by atoms with van der Waals surface area (Å²) in [7, 11) is 1.59. The lowest BCUT2D eigenvalue weighted by Gasteiger charge is -2.11. The number of amides is 1. The van der Waals surface area contributed by atoms with Crippen molar-refractivity contribution in [2.24, 2.45) is 0 Å². The molecule has 0 bridgehead atoms. The first-order valence-corrected chi connectivity index (χ1v) is 9.77. The maximum absolute atomic E-state index is 13.3. The summed E-state index contributed by atoms with van der Waals surface area (Å²) in [6.45, 7) is 1.48. The average Bonchev–Trinajstić information content (AvgIpc) is 3.10. The van der Waals surface area contributed by atoms with E-state index in [2.05, 4.69) is 15.5 Å². The van der Waals surface area contributed by atoms with Crippen molar-refractivity contribution < 1.29 is 13.9 Å². The molecule has 8 heteroatoms. The average molecular weight is 400 g/mol. The third-order valence-corrected chi connectivity index (χ3v) is 4.93. The van der Waals surface area contributed by atoms with Gasteiger partial charge in [0.05, 0.1) is 18.9 Å². The molecule has 2 aromatic carbocycles. The maximum Gasteiger partial charge on any atom is 0.230 e. The highest BCUT2D eigenvalue weighted by molar-refractivity contribution is 7.99. The quantitative estimate of drug-likeness (QED) is 0.442. The number of halogens is 1. The number of nitrogens with zero attached hydrogens (tertiary/aromatic N) is 3. The Morgan fingerprint density at radius 3 is 2.61 bits per heavy atom. The first kappa shape index (κ1) is 20.0. The Kier molecular flexibility index (Phi) is 7.16. The van der Waals surface area contributed by atoms with Gasteiger partial charge in [-0.05, 0) is 29.8 Å². The molecular weight excluding hydrogens is 379 g/mol. The van der Waals surface area contributed by atoms with Crippen LogP contribution >= 0.6 is 11.8 Å². The van der Waals surface area contributed by atoms with Crippen LogP contribution in [0.3, 0.4) is 0 Å². The zero-order valence-electron chi connectivity index (χ0n) is 15.5. The Balaban J connectivity index is 1.81. The van der Waals surface area contributed by atoms with E-state index in [9.17, 15) is 9.18 Å². The maximum atomic E-state index is 13.3. The minimum absolute atomic E-state index is 0.0976. The lowest BCUT2D eigenvalue weighted by atomic mass is 10.2. The number of carbonyl (C=O) groups is 1. The zero-order valence-corrected chi connectivity index (χ0v) is 16.3. The minimum Gasteiger partial charge on any atom is -0.383 e. The van der Waals surface area contributed by atoms with E-state index in [0.29, 0.717) is 30.7 Å². The van der Waals surface area contributed by atoms with Gasteiger partial charge in [0.2, 0.25) is 5.91 Å². The number of benzene rings is 2. The molecule has 0 aliphatic carbocycles. The molecule has 3 rings (SSSR count). The van der Waals surface area contributed by atoms with E-state index in [1.807, 2.05) is 34.9 Å². The zero-order chi connectivity index (χ0) is 19.8. The second-order valence-corrected chi connectivity index (χ2v) is 6.96. The van der Waals surface area contributed by atoms with Crippen molar-refractivity contribution in [2.75, 3.05) is 26.0 Å². The molecule has 0 aliphatic heterocycles. The van der Waals surface area contributed by atoms with Crippen LogP contribution in [-0.4, -0.2) is 46.7 Å². The van der Waals surface area contributed by atoms with Crippen LogP contribution in [0, 0.1) is 5.82 Å². The molecule has 1 amide bonds. The summed E-state index contributed by atoms with van der Waals surface area (Å²) in [5, 5.41) is 12.0. The van der Waals surface area contributed by atoms with Crippen LogP contribution in [0.15, 0.2) is 59.8 Å². The Bertz CT molecular complexity index is 900. The summed E-state index contributed by atoms with van der Waals surface area (Å²) in [4.78, 5) is 12.0. The van der Waals surface area contributed by atoms with E-state index in [0.717, 1.165) is 11.1 Å². The number of carbonyl (C=O) groups excluding carboxylic acids is 1. The van der Waals surface area contributed by atoms with Crippen molar-refractivity contribution in [1.29, 1.82) is 0 Å². The van der Waals surface area contributed by atoms with E-state index < -0.39 is 0 Å². The van der Waals surface area contributed by atoms with E-state index >= 15 is 0 Å². The molecule has 0 spiro atoms. The number of thioether (sulfide) groups is 1. The minimum atomic E-state index is -0.305. The fourth-order valence-electron chi connectivity index (χ4n) is 2.59. The van der Waals surface area contributed by atoms with Crippen LogP contribution in [0.2, 0.25) is 0 Å². The molecule has 0 saturated heterocycles. The molecule has 1 N–H and O–H groups in total. The van der Waals surface area contributed by atoms with Gasteiger partial charge in [0.15, 0.2) is 11.0 Å². The molecule has 3 aromatic rings. The van der Waals surface area contributed by atoms with Crippen molar-refractivity contribution in [3.63, 3.8) is 0 Å². The predicted molar refractivity (Wildman–Crippen MR) is 107 cm³/mol. The van der Waals surface area contributed by atoms with Gasteiger partial charge in [-0.2, -0.15) is 0 Å². The van der Waals surface area contributed by atoms with Gasteiger partial charge in [0, 0.05) is 19.2 Å². The molecule has 0 radical (unpaired) electrons. The number of ether oxygens (including phenoxy) is 1. The molecule has 1 aromatic heterocycles. The van der Waals surface area contributed by atoms with Gasteiger partial charge in [0.25, 0.3) is 0 Å². The van der Waals surface area contributed by atoms with Crippen molar-refractivity contribution in [1.82, 2.24) is 20.1 Å². The van der Waals surface area contributed by atoms with E-state index in [4.69, 9.17) is 4.74 Å². The summed E-state index contributed by atoms with van der Waals surface area (Å²) in [5.41, 5.74) is 1.85. The molecule has 0 aliphatic rings. The van der Waals surface area contributed by atoms with Crippen molar-refractivity contribution >= 4 is 17.7 Å². The third kappa shape index (κ3) is 5.40. The Morgan fingerprint density at radius 1 is 1.14 bits per heavy atom. The lowest BCUT2D eigenvalue weighted by molar-refractivity contribution is -0.118. The van der Waals surface area contributed by atoms with Crippen LogP contribution in [0.4, 0.5) is 4.39 Å². The number of nitrogens with one attached hydrogen (secondary N) is 1. The van der Waals surface area contributed by atoms with Crippen molar-refractivity contribution in [2.45, 2.75) is 11.7 Å². The Labute approximate surface area is 167 Å². The van der Waals surface area contributed by atoms with Crippen LogP contribution in [0.5, 0.6) is 0 Å². The second-order valence-electron chi connectivity index (χ2n) is 6.02. The van der Waals surface area contributed by atoms with Gasteiger partial charge in [-0.3, -0.25) is 9.36 Å². The lowest BCUT2D eigenvalue weighted by Crippen LogP contribution is -2.28. The molecule has 146 valence electrons. The normalized spacial score (nSPS) is 10.8. The first-order chi connectivity index (χ1) is 13.7. The van der Waals surface area contributed by atoms with Crippen LogP contribution in [-0.2, 0) is 16.1 Å². The molecule has 0 saturated carbocycles. The van der Waals surface area contributed by atoms with Gasteiger partial charge in [-0.1, -0.05) is 42.1 Å². The van der Waals surface area contributed by atoms with Gasteiger partial charge in [-0.15, -0.1) is 10.2 Å². The summed E-state index contributed by atoms with van der Waals surface area (Å²) < 4.78 is 20.2. The van der Waals surface area contributed by atoms with Crippen LogP contribution in [0.25, 0.3) is 11.4 Å². The fraction of sp³-hybridized carbons (Fsp3) is 0.250. The fourth-order valence-corrected chi connectivity index (χ4v) is 3.36. The largest absolute Gasteiger partial charge is 0.383 e. The summed E-state index contributed by atoms with van der Waals surface area (Å²) in [6, 6.07) is 16.1. The monoisotopic (exact) mass is 400 g/mol. The van der Waals surface area contributed by atoms with Gasteiger partial charge in [0.1, 0.15) is 5.82 Å². The number of rotatable bonds is 9. The predicted octanol–water partition coefficient (Wildman–Crippen LogP) is 2.99. The van der Waals surface area contributed by atoms with Gasteiger partial charge >= 0.3 is 0 Å². The number of hydrogen-bond acceptors (Lipinski definition) is 5. The first-order valence-electron chi connectivity index (χ1n) is 8.79. The Morgan fingerprint density at radius 2 is 1.89 bits per heavy atom. The van der Waals surface area contributed by atoms with E-state index in [1.165, 1.54) is 23.9 Å². The smallest absolute Gasteiger partial charge is 0.230 e. The summed E-state index contributed by atoms with van der Waals surface area (Å²) >= 11 is 1.31. The standard InChI is InChI=1S/C20H21FN4O2S/c1-27-12-11-22-18(26)14-28-20-24-23-19(16-7-9-17(21)10-8-16)25(20)13-15-5-3-2-4-6-15/h2-10H,11-14H2,1H3,(H,22,26). The number of methoxy groups -OCH3 is 1. The highest BCUT2D eigenvalue weighted by atomic mass is 32.2. The van der Waals surface area contributed by atoms with Crippen LogP contribution < -0.4 is 5.32 Å². The number of hydrogen-bond donors (Lipinski definition) is 1. The summed E-state index contributed by atoms with van der Waals surface area (Å²) in [5.74, 6) is 0.450. The van der Waals surface area contributed by atoms with Gasteiger partial charge in [-0.25, -0.2) is 4.39 Å². The molecule has 0 fully saturated rings. The molecule has 28 heavy (non-hydrogen) atoms.